The summed E-state index contributed by atoms with van der Waals surface area (Å²) in [6.07, 6.45) is 0. The molecule has 1 unspecified atom stereocenters. The molecule has 0 bridgehead atoms. The number of halogens is 1. The predicted molar refractivity (Wildman–Crippen MR) is 54.5 cm³/mol. The maximum atomic E-state index is 11.3. The average molecular weight is 200 g/mol. The van der Waals surface area contributed by atoms with Crippen LogP contribution >= 0.6 is 11.6 Å². The normalized spacial score (nSPS) is 13.0. The molecule has 13 heavy (non-hydrogen) atoms. The summed E-state index contributed by atoms with van der Waals surface area (Å²) in [5.74, 6) is 0.0924. The summed E-state index contributed by atoms with van der Waals surface area (Å²) in [6.45, 7) is 7.29. The van der Waals surface area contributed by atoms with Crippen molar-refractivity contribution < 1.29 is 4.79 Å². The molecular formula is C10H14ClNO. The van der Waals surface area contributed by atoms with Gasteiger partial charge in [-0.3, -0.25) is 4.79 Å². The Hall–Kier alpha value is -0.760. The number of alkyl halides is 1. The lowest BCUT2D eigenvalue weighted by Crippen LogP contribution is -1.95. The number of nitrogens with one attached hydrogen (secondary N) is 1. The van der Waals surface area contributed by atoms with Gasteiger partial charge in [-0.1, -0.05) is 0 Å². The van der Waals surface area contributed by atoms with Crippen molar-refractivity contribution >= 4 is 17.4 Å². The third kappa shape index (κ3) is 1.78. The van der Waals surface area contributed by atoms with Gasteiger partial charge in [0.15, 0.2) is 5.78 Å². The average Bonchev–Trinajstić information content (AvgIpc) is 2.26. The van der Waals surface area contributed by atoms with Gasteiger partial charge in [0, 0.05) is 17.0 Å². The van der Waals surface area contributed by atoms with Gasteiger partial charge < -0.3 is 4.98 Å². The SMILES string of the molecule is CC(=O)c1c(C)[nH]c(C(C)Cl)c1C. The quantitative estimate of drug-likeness (QED) is 0.576. The van der Waals surface area contributed by atoms with Crippen molar-refractivity contribution in [3.8, 4) is 0 Å². The Bertz CT molecular complexity index is 339. The molecule has 3 heteroatoms. The topological polar surface area (TPSA) is 32.9 Å². The van der Waals surface area contributed by atoms with Gasteiger partial charge in [-0.25, -0.2) is 0 Å². The molecule has 0 saturated heterocycles. The van der Waals surface area contributed by atoms with Crippen LogP contribution in [0.25, 0.3) is 0 Å². The molecule has 1 heterocycles. The van der Waals surface area contributed by atoms with Crippen LogP contribution in [0.1, 0.15) is 46.5 Å². The highest BCUT2D eigenvalue weighted by Gasteiger charge is 2.17. The summed E-state index contributed by atoms with van der Waals surface area (Å²) in [7, 11) is 0. The second kappa shape index (κ2) is 3.54. The molecule has 1 N–H and O–H groups in total. The van der Waals surface area contributed by atoms with E-state index in [1.807, 2.05) is 20.8 Å². The van der Waals surface area contributed by atoms with Crippen LogP contribution in [0.5, 0.6) is 0 Å². The van der Waals surface area contributed by atoms with Crippen molar-refractivity contribution in [2.75, 3.05) is 0 Å². The maximum Gasteiger partial charge on any atom is 0.161 e. The van der Waals surface area contributed by atoms with E-state index in [0.29, 0.717) is 0 Å². The summed E-state index contributed by atoms with van der Waals surface area (Å²) in [5, 5.41) is -0.0770. The highest BCUT2D eigenvalue weighted by atomic mass is 35.5. The van der Waals surface area contributed by atoms with E-state index in [1.54, 1.807) is 6.92 Å². The molecule has 1 atom stereocenters. The molecular weight excluding hydrogens is 186 g/mol. The summed E-state index contributed by atoms with van der Waals surface area (Å²) in [6, 6.07) is 0. The lowest BCUT2D eigenvalue weighted by atomic mass is 10.1. The molecule has 1 aromatic heterocycles. The van der Waals surface area contributed by atoms with Gasteiger partial charge in [0.25, 0.3) is 0 Å². The van der Waals surface area contributed by atoms with E-state index < -0.39 is 0 Å². The highest BCUT2D eigenvalue weighted by molar-refractivity contribution is 6.20. The fourth-order valence-corrected chi connectivity index (χ4v) is 1.92. The monoisotopic (exact) mass is 199 g/mol. The molecule has 0 fully saturated rings. The van der Waals surface area contributed by atoms with Crippen molar-refractivity contribution in [1.29, 1.82) is 0 Å². The summed E-state index contributed by atoms with van der Waals surface area (Å²) < 4.78 is 0. The zero-order valence-electron chi connectivity index (χ0n) is 8.36. The van der Waals surface area contributed by atoms with Gasteiger partial charge in [-0.2, -0.15) is 0 Å². The van der Waals surface area contributed by atoms with Crippen LogP contribution in [0.3, 0.4) is 0 Å². The van der Waals surface area contributed by atoms with Crippen LogP contribution in [-0.2, 0) is 0 Å². The molecule has 1 aromatic rings. The van der Waals surface area contributed by atoms with E-state index in [1.165, 1.54) is 0 Å². The van der Waals surface area contributed by atoms with Gasteiger partial charge >= 0.3 is 0 Å². The van der Waals surface area contributed by atoms with Crippen LogP contribution in [0.4, 0.5) is 0 Å². The number of carbonyl (C=O) groups is 1. The number of Topliss-reactive ketones (excluding diaryl/α,β-unsaturated/α-hetero) is 1. The van der Waals surface area contributed by atoms with Gasteiger partial charge in [-0.05, 0) is 33.3 Å². The van der Waals surface area contributed by atoms with E-state index >= 15 is 0 Å². The first-order valence-corrected chi connectivity index (χ1v) is 4.72. The minimum atomic E-state index is -0.0770. The van der Waals surface area contributed by atoms with Gasteiger partial charge in [-0.15, -0.1) is 11.6 Å². The molecule has 0 saturated carbocycles. The van der Waals surface area contributed by atoms with Gasteiger partial charge in [0.1, 0.15) is 0 Å². The summed E-state index contributed by atoms with van der Waals surface area (Å²) in [4.78, 5) is 14.4. The number of aromatic nitrogens is 1. The Morgan fingerprint density at radius 1 is 1.46 bits per heavy atom. The zero-order valence-corrected chi connectivity index (χ0v) is 9.12. The molecule has 0 aromatic carbocycles. The molecule has 0 spiro atoms. The number of aryl methyl sites for hydroxylation is 1. The number of rotatable bonds is 2. The minimum Gasteiger partial charge on any atom is -0.360 e. The van der Waals surface area contributed by atoms with Gasteiger partial charge in [0.2, 0.25) is 0 Å². The summed E-state index contributed by atoms with van der Waals surface area (Å²) >= 11 is 5.96. The first-order valence-electron chi connectivity index (χ1n) is 4.29. The third-order valence-electron chi connectivity index (χ3n) is 2.23. The standard InChI is InChI=1S/C10H14ClNO/c1-5-9(8(4)13)7(3)12-10(5)6(2)11/h6,12H,1-4H3. The van der Waals surface area contributed by atoms with Gasteiger partial charge in [0.05, 0.1) is 5.38 Å². The molecule has 0 amide bonds. The number of carbonyl (C=O) groups excluding carboxylic acids is 1. The predicted octanol–water partition coefficient (Wildman–Crippen LogP) is 3.13. The molecule has 72 valence electrons. The van der Waals surface area contributed by atoms with E-state index in [-0.39, 0.29) is 11.2 Å². The number of hydrogen-bond acceptors (Lipinski definition) is 1. The largest absolute Gasteiger partial charge is 0.360 e. The highest BCUT2D eigenvalue weighted by Crippen LogP contribution is 2.26. The van der Waals surface area contributed by atoms with Crippen molar-refractivity contribution in [1.82, 2.24) is 4.98 Å². The lowest BCUT2D eigenvalue weighted by Gasteiger charge is -2.01. The summed E-state index contributed by atoms with van der Waals surface area (Å²) in [5.41, 5.74) is 3.62. The van der Waals surface area contributed by atoms with Crippen LogP contribution in [0.2, 0.25) is 0 Å². The second-order valence-corrected chi connectivity index (χ2v) is 3.99. The lowest BCUT2D eigenvalue weighted by molar-refractivity contribution is 0.101. The van der Waals surface area contributed by atoms with Crippen LogP contribution in [0.15, 0.2) is 0 Å². The Morgan fingerprint density at radius 2 is 2.00 bits per heavy atom. The fourth-order valence-electron chi connectivity index (χ4n) is 1.70. The van der Waals surface area contributed by atoms with Crippen molar-refractivity contribution in [3.63, 3.8) is 0 Å². The Balaban J connectivity index is 3.30. The number of H-pyrrole nitrogens is 1. The van der Waals surface area contributed by atoms with E-state index in [9.17, 15) is 4.79 Å². The second-order valence-electron chi connectivity index (χ2n) is 3.34. The smallest absolute Gasteiger partial charge is 0.161 e. The fraction of sp³-hybridized carbons (Fsp3) is 0.500. The molecule has 0 radical (unpaired) electrons. The molecule has 0 aliphatic carbocycles. The van der Waals surface area contributed by atoms with E-state index in [2.05, 4.69) is 4.98 Å². The third-order valence-corrected chi connectivity index (χ3v) is 2.44. The Morgan fingerprint density at radius 3 is 2.23 bits per heavy atom. The number of hydrogen-bond donors (Lipinski definition) is 1. The molecule has 2 nitrogen and oxygen atoms in total. The first kappa shape index (κ1) is 10.3. The van der Waals surface area contributed by atoms with Crippen LogP contribution in [-0.4, -0.2) is 10.8 Å². The van der Waals surface area contributed by atoms with Crippen LogP contribution < -0.4 is 0 Å². The minimum absolute atomic E-state index is 0.0770. The zero-order chi connectivity index (χ0) is 10.2. The Kier molecular flexibility index (Phi) is 2.81. The van der Waals surface area contributed by atoms with E-state index in [4.69, 9.17) is 11.6 Å². The van der Waals surface area contributed by atoms with Crippen molar-refractivity contribution in [2.45, 2.75) is 33.1 Å². The van der Waals surface area contributed by atoms with Crippen LogP contribution in [0, 0.1) is 13.8 Å². The van der Waals surface area contributed by atoms with Crippen molar-refractivity contribution in [3.05, 3.63) is 22.5 Å². The number of aromatic amines is 1. The first-order chi connectivity index (χ1) is 5.95. The van der Waals surface area contributed by atoms with Crippen molar-refractivity contribution in [2.24, 2.45) is 0 Å². The molecule has 1 rings (SSSR count). The maximum absolute atomic E-state index is 11.3. The number of ketones is 1. The van der Waals surface area contributed by atoms with E-state index in [0.717, 1.165) is 22.5 Å². The molecule has 0 aliphatic rings. The molecule has 0 aliphatic heterocycles. The Labute approximate surface area is 83.3 Å².